The van der Waals surface area contributed by atoms with Crippen molar-refractivity contribution in [1.29, 1.82) is 0 Å². The molecule has 0 bridgehead atoms. The van der Waals surface area contributed by atoms with Crippen LogP contribution in [0.1, 0.15) is 10.4 Å². The minimum absolute atomic E-state index is 0.101. The molecule has 28 heavy (non-hydrogen) atoms. The van der Waals surface area contributed by atoms with E-state index in [-0.39, 0.29) is 22.4 Å². The Kier molecular flexibility index (Phi) is 4.68. The molecular formula is C19H11BrClF2N2O3+. The van der Waals surface area contributed by atoms with E-state index in [0.29, 0.717) is 27.0 Å². The third kappa shape index (κ3) is 3.65. The monoisotopic (exact) mass is 467 g/mol. The van der Waals surface area contributed by atoms with Gasteiger partial charge in [0.2, 0.25) is 0 Å². The lowest BCUT2D eigenvalue weighted by atomic mass is 10.1. The maximum absolute atomic E-state index is 13.2. The van der Waals surface area contributed by atoms with E-state index in [1.165, 1.54) is 12.1 Å². The van der Waals surface area contributed by atoms with Crippen molar-refractivity contribution in [1.82, 2.24) is 0 Å². The number of aromatic nitrogens is 1. The lowest BCUT2D eigenvalue weighted by Gasteiger charge is -2.06. The number of alkyl halides is 2. The van der Waals surface area contributed by atoms with Crippen molar-refractivity contribution >= 4 is 39.3 Å². The number of carbonyl (C=O) groups is 1. The Balaban J connectivity index is 1.56. The fourth-order valence-electron chi connectivity index (χ4n) is 2.70. The van der Waals surface area contributed by atoms with Crippen LogP contribution in [0.15, 0.2) is 59.2 Å². The summed E-state index contributed by atoms with van der Waals surface area (Å²) in [6.07, 6.45) is -2.12. The van der Waals surface area contributed by atoms with Crippen LogP contribution in [0.4, 0.5) is 14.6 Å². The molecule has 5 nitrogen and oxygen atoms in total. The quantitative estimate of drug-likeness (QED) is 0.578. The highest BCUT2D eigenvalue weighted by molar-refractivity contribution is 9.10. The molecule has 2 heterocycles. The molecule has 2 N–H and O–H groups in total. The Bertz CT molecular complexity index is 1080. The molecule has 0 aliphatic carbocycles. The smallest absolute Gasteiger partial charge is 0.395 e. The molecule has 1 amide bonds. The van der Waals surface area contributed by atoms with Crippen molar-refractivity contribution < 1.29 is 28.0 Å². The Morgan fingerprint density at radius 2 is 1.82 bits per heavy atom. The predicted octanol–water partition coefficient (Wildman–Crippen LogP) is 5.16. The molecule has 1 aliphatic heterocycles. The van der Waals surface area contributed by atoms with Gasteiger partial charge in [-0.15, -0.1) is 8.78 Å². The Morgan fingerprint density at radius 3 is 2.50 bits per heavy atom. The van der Waals surface area contributed by atoms with Crippen molar-refractivity contribution in [2.45, 2.75) is 6.29 Å². The van der Waals surface area contributed by atoms with Crippen molar-refractivity contribution in [3.8, 4) is 22.6 Å². The van der Waals surface area contributed by atoms with Crippen LogP contribution in [0.2, 0.25) is 5.02 Å². The molecule has 0 radical (unpaired) electrons. The largest absolute Gasteiger partial charge is 0.586 e. The van der Waals surface area contributed by atoms with Crippen molar-refractivity contribution in [3.63, 3.8) is 0 Å². The van der Waals surface area contributed by atoms with Crippen LogP contribution in [0.3, 0.4) is 0 Å². The fourth-order valence-corrected chi connectivity index (χ4v) is 3.43. The first-order valence-corrected chi connectivity index (χ1v) is 9.17. The van der Waals surface area contributed by atoms with E-state index in [1.54, 1.807) is 36.5 Å². The highest BCUT2D eigenvalue weighted by atomic mass is 79.9. The topological polar surface area (TPSA) is 61.7 Å². The van der Waals surface area contributed by atoms with E-state index >= 15 is 0 Å². The average Bonchev–Trinajstić information content (AvgIpc) is 2.95. The molecule has 0 saturated heterocycles. The summed E-state index contributed by atoms with van der Waals surface area (Å²) in [5.41, 5.74) is 1.58. The summed E-state index contributed by atoms with van der Waals surface area (Å²) in [5.74, 6) is -0.0662. The van der Waals surface area contributed by atoms with E-state index in [9.17, 15) is 13.6 Å². The van der Waals surface area contributed by atoms with Gasteiger partial charge >= 0.3 is 12.2 Å². The van der Waals surface area contributed by atoms with Crippen LogP contribution in [0.5, 0.6) is 11.5 Å². The summed E-state index contributed by atoms with van der Waals surface area (Å²) in [7, 11) is 0. The number of fused-ring (bicyclic) bond motifs is 1. The lowest BCUT2D eigenvalue weighted by molar-refractivity contribution is -0.359. The van der Waals surface area contributed by atoms with E-state index in [2.05, 4.69) is 35.7 Å². The molecule has 4 rings (SSSR count). The third-order valence-corrected chi connectivity index (χ3v) is 4.99. The van der Waals surface area contributed by atoms with Gasteiger partial charge in [-0.25, -0.2) is 15.1 Å². The molecule has 142 valence electrons. The van der Waals surface area contributed by atoms with E-state index in [1.807, 2.05) is 6.07 Å². The van der Waals surface area contributed by atoms with Gasteiger partial charge in [-0.2, -0.15) is 0 Å². The van der Waals surface area contributed by atoms with E-state index in [0.717, 1.165) is 0 Å². The number of nitrogens with one attached hydrogen (secondary N) is 2. The summed E-state index contributed by atoms with van der Waals surface area (Å²) >= 11 is 9.52. The standard InChI is InChI=1S/C19H10BrClF2N2O3/c20-13-4-2-1-3-11(13)18(26)25-17-6-5-10(9-24-17)12-7-15-16(8-14(12)21)28-19(22,23)27-15/h1-9H,(H,24,25,26)/p+1. The van der Waals surface area contributed by atoms with Gasteiger partial charge in [0.05, 0.1) is 16.8 Å². The Hall–Kier alpha value is -2.71. The number of halogens is 4. The number of aromatic amines is 1. The summed E-state index contributed by atoms with van der Waals surface area (Å²) in [6.45, 7) is 0. The van der Waals surface area contributed by atoms with Gasteiger partial charge in [-0.1, -0.05) is 23.7 Å². The zero-order valence-corrected chi connectivity index (χ0v) is 16.3. The molecular weight excluding hydrogens is 458 g/mol. The van der Waals surface area contributed by atoms with Gasteiger partial charge in [0.15, 0.2) is 11.5 Å². The first-order chi connectivity index (χ1) is 13.3. The number of ether oxygens (including phenoxy) is 2. The van der Waals surface area contributed by atoms with E-state index in [4.69, 9.17) is 11.6 Å². The van der Waals surface area contributed by atoms with Gasteiger partial charge in [0.25, 0.3) is 5.82 Å². The molecule has 2 aromatic carbocycles. The fraction of sp³-hybridized carbons (Fsp3) is 0.0526. The van der Waals surface area contributed by atoms with Gasteiger partial charge in [0, 0.05) is 27.7 Å². The second-order valence-corrected chi connectivity index (χ2v) is 7.13. The number of anilines is 1. The van der Waals surface area contributed by atoms with Crippen molar-refractivity contribution in [3.05, 3.63) is 69.8 Å². The SMILES string of the molecule is O=C(Nc1ccc(-c2cc3c(cc2Cl)OC(F)(F)O3)c[nH+]1)c1ccccc1Br. The van der Waals surface area contributed by atoms with Crippen LogP contribution in [0.25, 0.3) is 11.1 Å². The van der Waals surface area contributed by atoms with Crippen molar-refractivity contribution in [2.24, 2.45) is 0 Å². The first kappa shape index (κ1) is 18.6. The zero-order valence-electron chi connectivity index (χ0n) is 13.9. The lowest BCUT2D eigenvalue weighted by Crippen LogP contribution is -2.25. The summed E-state index contributed by atoms with van der Waals surface area (Å²) in [4.78, 5) is 15.3. The van der Waals surface area contributed by atoms with Crippen molar-refractivity contribution in [2.75, 3.05) is 5.32 Å². The molecule has 0 unspecified atom stereocenters. The van der Waals surface area contributed by atoms with Crippen LogP contribution < -0.4 is 19.8 Å². The number of pyridine rings is 1. The van der Waals surface area contributed by atoms with Gasteiger partial charge < -0.3 is 9.47 Å². The summed E-state index contributed by atoms with van der Waals surface area (Å²) in [6, 6.07) is 13.0. The molecule has 0 atom stereocenters. The van der Waals surface area contributed by atoms with Crippen LogP contribution in [-0.4, -0.2) is 12.2 Å². The molecule has 3 aromatic rings. The number of hydrogen-bond acceptors (Lipinski definition) is 3. The number of amides is 1. The number of benzene rings is 2. The number of H-pyrrole nitrogens is 1. The maximum atomic E-state index is 13.2. The molecule has 1 aromatic heterocycles. The molecule has 1 aliphatic rings. The molecule has 0 fully saturated rings. The number of rotatable bonds is 3. The number of hydrogen-bond donors (Lipinski definition) is 1. The third-order valence-electron chi connectivity index (χ3n) is 3.98. The average molecular weight is 469 g/mol. The van der Waals surface area contributed by atoms with Crippen LogP contribution >= 0.6 is 27.5 Å². The molecule has 9 heteroatoms. The minimum atomic E-state index is -3.71. The maximum Gasteiger partial charge on any atom is 0.586 e. The van der Waals surface area contributed by atoms with Gasteiger partial charge in [0.1, 0.15) is 0 Å². The normalized spacial score (nSPS) is 14.0. The highest BCUT2D eigenvalue weighted by Crippen LogP contribution is 2.45. The first-order valence-electron chi connectivity index (χ1n) is 8.00. The highest BCUT2D eigenvalue weighted by Gasteiger charge is 2.43. The van der Waals surface area contributed by atoms with Crippen LogP contribution in [-0.2, 0) is 0 Å². The van der Waals surface area contributed by atoms with E-state index < -0.39 is 6.29 Å². The van der Waals surface area contributed by atoms with Crippen LogP contribution in [0, 0.1) is 0 Å². The van der Waals surface area contributed by atoms with Gasteiger partial charge in [-0.05, 0) is 40.2 Å². The zero-order chi connectivity index (χ0) is 19.9. The second-order valence-electron chi connectivity index (χ2n) is 5.87. The summed E-state index contributed by atoms with van der Waals surface area (Å²) in [5, 5.41) is 2.96. The van der Waals surface area contributed by atoms with Gasteiger partial charge in [-0.3, -0.25) is 0 Å². The minimum Gasteiger partial charge on any atom is -0.395 e. The Morgan fingerprint density at radius 1 is 1.11 bits per heavy atom. The second kappa shape index (κ2) is 7.03. The molecule has 0 saturated carbocycles. The molecule has 0 spiro atoms. The Labute approximate surface area is 171 Å². The summed E-state index contributed by atoms with van der Waals surface area (Å²) < 4.78 is 35.9. The number of carbonyl (C=O) groups excluding carboxylic acids is 1. The predicted molar refractivity (Wildman–Crippen MR) is 102 cm³/mol.